The maximum atomic E-state index is 11.8. The summed E-state index contributed by atoms with van der Waals surface area (Å²) in [6.07, 6.45) is 8.57. The molecule has 1 atom stereocenters. The fourth-order valence-electron chi connectivity index (χ4n) is 5.23. The van der Waals surface area contributed by atoms with E-state index in [9.17, 15) is 4.79 Å². The number of carbonyl (C=O) groups is 1. The highest BCUT2D eigenvalue weighted by atomic mass is 32.2. The van der Waals surface area contributed by atoms with Gasteiger partial charge in [0.25, 0.3) is 5.91 Å². The molecule has 5 heteroatoms. The molecule has 5 rings (SSSR count). The molecule has 0 spiro atoms. The molecule has 0 radical (unpaired) electrons. The second kappa shape index (κ2) is 4.73. The SMILES string of the molecule is O=C1N=C(NC23CC4CC(CC(C4)C2)C3)SC1CCO. The minimum absolute atomic E-state index is 0.0591. The number of aliphatic imine (C=N–C) groups is 1. The van der Waals surface area contributed by atoms with E-state index in [0.717, 1.165) is 22.9 Å². The molecular formula is C15H22N2O2S. The van der Waals surface area contributed by atoms with Gasteiger partial charge >= 0.3 is 0 Å². The van der Waals surface area contributed by atoms with Crippen molar-refractivity contribution in [1.29, 1.82) is 0 Å². The van der Waals surface area contributed by atoms with Gasteiger partial charge < -0.3 is 10.4 Å². The Morgan fingerprint density at radius 3 is 2.35 bits per heavy atom. The zero-order valence-electron chi connectivity index (χ0n) is 11.7. The molecule has 20 heavy (non-hydrogen) atoms. The van der Waals surface area contributed by atoms with Crippen LogP contribution in [-0.4, -0.2) is 33.6 Å². The Morgan fingerprint density at radius 1 is 1.20 bits per heavy atom. The molecule has 0 aromatic rings. The van der Waals surface area contributed by atoms with Gasteiger partial charge in [0.2, 0.25) is 0 Å². The molecule has 0 aromatic heterocycles. The second-order valence-corrected chi connectivity index (χ2v) is 8.39. The summed E-state index contributed by atoms with van der Waals surface area (Å²) >= 11 is 1.52. The number of aliphatic hydroxyl groups excluding tert-OH is 1. The number of amidine groups is 1. The second-order valence-electron chi connectivity index (χ2n) is 7.20. The Labute approximate surface area is 123 Å². The summed E-state index contributed by atoms with van der Waals surface area (Å²) < 4.78 is 0. The third kappa shape index (κ3) is 2.19. The largest absolute Gasteiger partial charge is 0.396 e. The summed E-state index contributed by atoms with van der Waals surface area (Å²) in [4.78, 5) is 16.0. The molecule has 5 aliphatic rings. The summed E-state index contributed by atoms with van der Waals surface area (Å²) in [5.41, 5.74) is 0.217. The Kier molecular flexibility index (Phi) is 3.11. The van der Waals surface area contributed by atoms with Gasteiger partial charge in [-0.1, -0.05) is 11.8 Å². The van der Waals surface area contributed by atoms with E-state index in [1.165, 1.54) is 50.3 Å². The van der Waals surface area contributed by atoms with E-state index in [1.807, 2.05) is 0 Å². The van der Waals surface area contributed by atoms with Gasteiger partial charge in [0.1, 0.15) is 0 Å². The first kappa shape index (κ1) is 13.1. The number of thioether (sulfide) groups is 1. The molecule has 4 bridgehead atoms. The van der Waals surface area contributed by atoms with Crippen molar-refractivity contribution < 1.29 is 9.90 Å². The highest BCUT2D eigenvalue weighted by Gasteiger charge is 2.51. The van der Waals surface area contributed by atoms with Crippen LogP contribution in [0, 0.1) is 17.8 Å². The molecule has 1 amide bonds. The van der Waals surface area contributed by atoms with Crippen LogP contribution in [0.3, 0.4) is 0 Å². The highest BCUT2D eigenvalue weighted by Crippen LogP contribution is 2.55. The lowest BCUT2D eigenvalue weighted by Gasteiger charge is -2.57. The maximum Gasteiger partial charge on any atom is 0.261 e. The first-order valence-electron chi connectivity index (χ1n) is 7.84. The maximum absolute atomic E-state index is 11.8. The Balaban J connectivity index is 1.47. The Hall–Kier alpha value is -0.550. The first-order valence-corrected chi connectivity index (χ1v) is 8.72. The van der Waals surface area contributed by atoms with E-state index in [2.05, 4.69) is 10.3 Å². The number of hydrogen-bond acceptors (Lipinski definition) is 4. The molecular weight excluding hydrogens is 272 g/mol. The zero-order chi connectivity index (χ0) is 13.7. The third-order valence-corrected chi connectivity index (χ3v) is 6.68. The van der Waals surface area contributed by atoms with E-state index < -0.39 is 0 Å². The van der Waals surface area contributed by atoms with Crippen LogP contribution in [0.5, 0.6) is 0 Å². The average molecular weight is 294 g/mol. The summed E-state index contributed by atoms with van der Waals surface area (Å²) in [5, 5.41) is 13.3. The molecule has 1 heterocycles. The minimum Gasteiger partial charge on any atom is -0.396 e. The number of hydrogen-bond donors (Lipinski definition) is 2. The summed E-state index contributed by atoms with van der Waals surface area (Å²) in [5.74, 6) is 2.61. The van der Waals surface area contributed by atoms with Gasteiger partial charge in [-0.2, -0.15) is 4.99 Å². The Bertz CT molecular complexity index is 428. The number of amides is 1. The minimum atomic E-state index is -0.170. The van der Waals surface area contributed by atoms with Crippen molar-refractivity contribution in [2.45, 2.75) is 55.7 Å². The third-order valence-electron chi connectivity index (χ3n) is 5.54. The van der Waals surface area contributed by atoms with Crippen molar-refractivity contribution in [3.8, 4) is 0 Å². The van der Waals surface area contributed by atoms with Crippen LogP contribution >= 0.6 is 11.8 Å². The van der Waals surface area contributed by atoms with Gasteiger partial charge in [-0.15, -0.1) is 0 Å². The standard InChI is InChI=1S/C15H22N2O2S/c18-2-1-12-13(19)16-14(20-12)17-15-6-9-3-10(7-15)5-11(4-9)8-15/h9-12,18H,1-8H2,(H,16,17,19). The predicted molar refractivity (Wildman–Crippen MR) is 79.6 cm³/mol. The lowest BCUT2D eigenvalue weighted by atomic mass is 9.53. The molecule has 4 fully saturated rings. The smallest absolute Gasteiger partial charge is 0.261 e. The lowest BCUT2D eigenvalue weighted by Crippen LogP contribution is -2.59. The van der Waals surface area contributed by atoms with Crippen molar-refractivity contribution in [2.75, 3.05) is 6.61 Å². The van der Waals surface area contributed by atoms with Gasteiger partial charge in [-0.3, -0.25) is 4.79 Å². The van der Waals surface area contributed by atoms with Crippen molar-refractivity contribution in [1.82, 2.24) is 5.32 Å². The van der Waals surface area contributed by atoms with Gasteiger partial charge in [-0.05, 0) is 62.7 Å². The van der Waals surface area contributed by atoms with E-state index in [-0.39, 0.29) is 23.3 Å². The van der Waals surface area contributed by atoms with E-state index in [0.29, 0.717) is 6.42 Å². The van der Waals surface area contributed by atoms with E-state index in [1.54, 1.807) is 0 Å². The molecule has 4 saturated carbocycles. The van der Waals surface area contributed by atoms with Gasteiger partial charge in [0.15, 0.2) is 5.17 Å². The molecule has 110 valence electrons. The van der Waals surface area contributed by atoms with Crippen molar-refractivity contribution in [2.24, 2.45) is 22.7 Å². The van der Waals surface area contributed by atoms with Crippen LogP contribution in [0.4, 0.5) is 0 Å². The fraction of sp³-hybridized carbons (Fsp3) is 0.867. The molecule has 1 unspecified atom stereocenters. The number of aliphatic hydroxyl groups is 1. The van der Waals surface area contributed by atoms with Crippen LogP contribution in [0.2, 0.25) is 0 Å². The lowest BCUT2D eigenvalue weighted by molar-refractivity contribution is -0.117. The highest BCUT2D eigenvalue weighted by molar-refractivity contribution is 8.15. The van der Waals surface area contributed by atoms with Crippen LogP contribution in [0.25, 0.3) is 0 Å². The van der Waals surface area contributed by atoms with Crippen molar-refractivity contribution >= 4 is 22.8 Å². The first-order chi connectivity index (χ1) is 9.66. The summed E-state index contributed by atoms with van der Waals surface area (Å²) in [6.45, 7) is 0.0591. The zero-order valence-corrected chi connectivity index (χ0v) is 12.5. The molecule has 2 N–H and O–H groups in total. The van der Waals surface area contributed by atoms with Crippen LogP contribution in [0.15, 0.2) is 4.99 Å². The van der Waals surface area contributed by atoms with E-state index >= 15 is 0 Å². The van der Waals surface area contributed by atoms with Gasteiger partial charge in [-0.25, -0.2) is 0 Å². The monoisotopic (exact) mass is 294 g/mol. The summed E-state index contributed by atoms with van der Waals surface area (Å²) in [7, 11) is 0. The molecule has 0 aromatic carbocycles. The normalized spacial score (nSPS) is 45.9. The van der Waals surface area contributed by atoms with E-state index in [4.69, 9.17) is 5.11 Å². The number of nitrogens with zero attached hydrogens (tertiary/aromatic N) is 1. The van der Waals surface area contributed by atoms with Crippen LogP contribution in [0.1, 0.15) is 44.9 Å². The quantitative estimate of drug-likeness (QED) is 0.835. The van der Waals surface area contributed by atoms with Gasteiger partial charge in [0.05, 0.1) is 5.25 Å². The average Bonchev–Trinajstić information content (AvgIpc) is 2.67. The predicted octanol–water partition coefficient (Wildman–Crippen LogP) is 1.93. The Morgan fingerprint density at radius 2 is 1.80 bits per heavy atom. The summed E-state index contributed by atoms with van der Waals surface area (Å²) in [6, 6.07) is 0. The number of rotatable bonds is 3. The van der Waals surface area contributed by atoms with Crippen LogP contribution < -0.4 is 5.32 Å². The van der Waals surface area contributed by atoms with Gasteiger partial charge in [0, 0.05) is 12.1 Å². The topological polar surface area (TPSA) is 61.7 Å². The molecule has 0 saturated heterocycles. The molecule has 4 aliphatic carbocycles. The molecule has 4 nitrogen and oxygen atoms in total. The van der Waals surface area contributed by atoms with Crippen molar-refractivity contribution in [3.63, 3.8) is 0 Å². The molecule has 1 aliphatic heterocycles. The van der Waals surface area contributed by atoms with Crippen molar-refractivity contribution in [3.05, 3.63) is 0 Å². The fourth-order valence-corrected chi connectivity index (χ4v) is 6.30. The van der Waals surface area contributed by atoms with Crippen LogP contribution in [-0.2, 0) is 4.79 Å². The number of nitrogens with one attached hydrogen (secondary N) is 1. The number of carbonyl (C=O) groups excluding carboxylic acids is 1.